The number of likely N-dealkylation sites (tertiary alicyclic amines) is 1. The molecule has 1 atom stereocenters. The highest BCUT2D eigenvalue weighted by Gasteiger charge is 2.39. The first-order valence-electron chi connectivity index (χ1n) is 12.9. The number of aliphatic hydroxyl groups excluding tert-OH is 1. The molecule has 0 saturated carbocycles. The third kappa shape index (κ3) is 5.86. The molecule has 1 saturated heterocycles. The third-order valence-corrected chi connectivity index (χ3v) is 9.03. The molecule has 1 unspecified atom stereocenters. The summed E-state index contributed by atoms with van der Waals surface area (Å²) in [7, 11) is 1.58. The number of aryl methyl sites for hydroxylation is 2. The Morgan fingerprint density at radius 2 is 1.95 bits per heavy atom. The second kappa shape index (κ2) is 10.7. The van der Waals surface area contributed by atoms with E-state index in [2.05, 4.69) is 14.8 Å². The number of carbonyl (C=O) groups is 1. The molecule has 4 heterocycles. The molecule has 0 radical (unpaired) electrons. The number of carbonyl (C=O) groups excluding carboxylic acids is 1. The molecular weight excluding hydrogens is 522 g/mol. The molecule has 0 aliphatic carbocycles. The highest BCUT2D eigenvalue weighted by Crippen LogP contribution is 2.37. The number of piperidine rings is 1. The van der Waals surface area contributed by atoms with Crippen molar-refractivity contribution in [3.63, 3.8) is 0 Å². The van der Waals surface area contributed by atoms with Gasteiger partial charge in [0.2, 0.25) is 10.0 Å². The molecule has 2 N–H and O–H groups in total. The summed E-state index contributed by atoms with van der Waals surface area (Å²) in [5.41, 5.74) is 1.27. The van der Waals surface area contributed by atoms with Gasteiger partial charge >= 0.3 is 0 Å². The summed E-state index contributed by atoms with van der Waals surface area (Å²) in [6, 6.07) is 4.99. The maximum Gasteiger partial charge on any atom is 0.289 e. The molecule has 1 aromatic carbocycles. The van der Waals surface area contributed by atoms with Crippen LogP contribution in [0.15, 0.2) is 47.9 Å². The standard InChI is InChI=1S/C26H35N7O5S/c1-30-16-21(34)14-29-39(36,37)23-5-4-19(20-13-28-32(3)15-20)12-22(23)38-18-26(17-30)6-9-33(10-7-26)25(35)24-27-8-11-31(24)2/h4-5,8,11-13,15,21,29,34H,6-7,9-10,14,16-18H2,1-3H3. The van der Waals surface area contributed by atoms with Gasteiger partial charge in [0, 0.05) is 76.4 Å². The SMILES string of the molecule is CN1CC(O)CNS(=O)(=O)c2ccc(-c3cnn(C)c3)cc2OCC2(CCN(C(=O)c3nccn3C)CC2)C1. The lowest BCUT2D eigenvalue weighted by atomic mass is 9.78. The van der Waals surface area contributed by atoms with Gasteiger partial charge in [0.25, 0.3) is 5.91 Å². The zero-order chi connectivity index (χ0) is 27.8. The molecule has 13 heteroatoms. The third-order valence-electron chi connectivity index (χ3n) is 7.57. The van der Waals surface area contributed by atoms with Gasteiger partial charge in [-0.05, 0) is 37.6 Å². The molecule has 12 nitrogen and oxygen atoms in total. The summed E-state index contributed by atoms with van der Waals surface area (Å²) in [4.78, 5) is 21.1. The Labute approximate surface area is 228 Å². The minimum atomic E-state index is -3.94. The predicted molar refractivity (Wildman–Crippen MR) is 144 cm³/mol. The van der Waals surface area contributed by atoms with E-state index < -0.39 is 16.1 Å². The van der Waals surface area contributed by atoms with E-state index in [1.54, 1.807) is 51.9 Å². The maximum absolute atomic E-state index is 13.2. The topological polar surface area (TPSA) is 135 Å². The van der Waals surface area contributed by atoms with E-state index >= 15 is 0 Å². The number of rotatable bonds is 2. The molecule has 1 spiro atoms. The highest BCUT2D eigenvalue weighted by atomic mass is 32.2. The average molecular weight is 558 g/mol. The van der Waals surface area contributed by atoms with Crippen LogP contribution in [0.25, 0.3) is 11.1 Å². The molecule has 39 heavy (non-hydrogen) atoms. The zero-order valence-electron chi connectivity index (χ0n) is 22.4. The summed E-state index contributed by atoms with van der Waals surface area (Å²) in [5.74, 6) is 0.530. The Bertz CT molecular complexity index is 1440. The Morgan fingerprint density at radius 3 is 2.62 bits per heavy atom. The number of hydrogen-bond donors (Lipinski definition) is 2. The first kappa shape index (κ1) is 27.3. The van der Waals surface area contributed by atoms with Gasteiger partial charge in [0.1, 0.15) is 10.6 Å². The number of amides is 1. The molecule has 5 rings (SSSR count). The van der Waals surface area contributed by atoms with E-state index in [-0.39, 0.29) is 35.1 Å². The number of β-amino-alcohol motifs (C(OH)–C–C–N with tert-alkyl or cyclic N) is 1. The first-order chi connectivity index (χ1) is 18.6. The van der Waals surface area contributed by atoms with E-state index in [1.807, 2.05) is 25.2 Å². The average Bonchev–Trinajstić information content (AvgIpc) is 3.53. The van der Waals surface area contributed by atoms with Crippen molar-refractivity contribution in [1.29, 1.82) is 0 Å². The molecule has 2 aliphatic rings. The second-order valence-corrected chi connectivity index (χ2v) is 12.4. The Morgan fingerprint density at radius 1 is 1.18 bits per heavy atom. The Hall–Kier alpha value is -3.26. The number of benzene rings is 1. The molecule has 3 aromatic rings. The summed E-state index contributed by atoms with van der Waals surface area (Å²) in [5, 5.41) is 14.8. The number of aromatic nitrogens is 4. The number of sulfonamides is 1. The van der Waals surface area contributed by atoms with Gasteiger partial charge in [-0.25, -0.2) is 18.1 Å². The van der Waals surface area contributed by atoms with E-state index in [0.29, 0.717) is 44.8 Å². The quantitative estimate of drug-likeness (QED) is 0.471. The van der Waals surface area contributed by atoms with Crippen LogP contribution in [0.5, 0.6) is 5.75 Å². The van der Waals surface area contributed by atoms with Crippen LogP contribution in [0.2, 0.25) is 0 Å². The first-order valence-corrected chi connectivity index (χ1v) is 14.4. The van der Waals surface area contributed by atoms with Crippen LogP contribution in [0.3, 0.4) is 0 Å². The van der Waals surface area contributed by atoms with Crippen LogP contribution in [0.1, 0.15) is 23.5 Å². The fraction of sp³-hybridized carbons (Fsp3) is 0.500. The van der Waals surface area contributed by atoms with Gasteiger partial charge in [-0.3, -0.25) is 9.48 Å². The molecule has 1 amide bonds. The smallest absolute Gasteiger partial charge is 0.289 e. The van der Waals surface area contributed by atoms with Gasteiger partial charge in [0.05, 0.1) is 18.9 Å². The normalized spacial score (nSPS) is 21.9. The van der Waals surface area contributed by atoms with E-state index in [4.69, 9.17) is 4.74 Å². The lowest BCUT2D eigenvalue weighted by Gasteiger charge is -2.43. The zero-order valence-corrected chi connectivity index (χ0v) is 23.3. The van der Waals surface area contributed by atoms with Crippen molar-refractivity contribution in [2.75, 3.05) is 46.4 Å². The minimum Gasteiger partial charge on any atom is -0.492 e. The monoisotopic (exact) mass is 557 g/mol. The van der Waals surface area contributed by atoms with Crippen LogP contribution in [-0.4, -0.2) is 101 Å². The van der Waals surface area contributed by atoms with Crippen molar-refractivity contribution in [2.24, 2.45) is 19.5 Å². The number of hydrogen-bond acceptors (Lipinski definition) is 8. The number of fused-ring (bicyclic) bond motifs is 1. The fourth-order valence-electron chi connectivity index (χ4n) is 5.41. The number of aliphatic hydroxyl groups is 1. The van der Waals surface area contributed by atoms with Crippen LogP contribution < -0.4 is 9.46 Å². The van der Waals surface area contributed by atoms with Crippen LogP contribution in [-0.2, 0) is 24.1 Å². The summed E-state index contributed by atoms with van der Waals surface area (Å²) >= 11 is 0. The lowest BCUT2D eigenvalue weighted by molar-refractivity contribution is 0.0154. The largest absolute Gasteiger partial charge is 0.492 e. The molecule has 210 valence electrons. The van der Waals surface area contributed by atoms with Gasteiger partial charge in [0.15, 0.2) is 5.82 Å². The van der Waals surface area contributed by atoms with Crippen molar-refractivity contribution in [3.8, 4) is 16.9 Å². The Kier molecular flexibility index (Phi) is 7.51. The summed E-state index contributed by atoms with van der Waals surface area (Å²) < 4.78 is 38.7. The number of nitrogens with one attached hydrogen (secondary N) is 1. The van der Waals surface area contributed by atoms with Crippen LogP contribution in [0.4, 0.5) is 0 Å². The van der Waals surface area contributed by atoms with E-state index in [1.165, 1.54) is 6.07 Å². The van der Waals surface area contributed by atoms with E-state index in [9.17, 15) is 18.3 Å². The van der Waals surface area contributed by atoms with Gasteiger partial charge < -0.3 is 24.2 Å². The lowest BCUT2D eigenvalue weighted by Crippen LogP contribution is -2.51. The molecule has 1 fully saturated rings. The van der Waals surface area contributed by atoms with Crippen LogP contribution >= 0.6 is 0 Å². The highest BCUT2D eigenvalue weighted by molar-refractivity contribution is 7.89. The molecular formula is C26H35N7O5S. The van der Waals surface area contributed by atoms with E-state index in [0.717, 1.165) is 11.1 Å². The number of ether oxygens (including phenoxy) is 1. The minimum absolute atomic E-state index is 0.0221. The number of imidazole rings is 1. The van der Waals surface area contributed by atoms with Gasteiger partial charge in [-0.1, -0.05) is 6.07 Å². The van der Waals surface area contributed by atoms with Crippen molar-refractivity contribution >= 4 is 15.9 Å². The van der Waals surface area contributed by atoms with Crippen LogP contribution in [0, 0.1) is 5.41 Å². The predicted octanol–water partition coefficient (Wildman–Crippen LogP) is 0.707. The number of nitrogens with zero attached hydrogens (tertiary/aromatic N) is 6. The second-order valence-electron chi connectivity index (χ2n) is 10.7. The molecule has 2 aromatic heterocycles. The van der Waals surface area contributed by atoms with Crippen molar-refractivity contribution in [1.82, 2.24) is 33.9 Å². The number of likely N-dealkylation sites (N-methyl/N-ethyl adjacent to an activating group) is 1. The van der Waals surface area contributed by atoms with Crippen molar-refractivity contribution in [2.45, 2.75) is 23.8 Å². The molecule has 0 bridgehead atoms. The van der Waals surface area contributed by atoms with Crippen molar-refractivity contribution in [3.05, 3.63) is 48.8 Å². The van der Waals surface area contributed by atoms with Crippen molar-refractivity contribution < 1.29 is 23.1 Å². The maximum atomic E-state index is 13.2. The summed E-state index contributed by atoms with van der Waals surface area (Å²) in [6.45, 7) is 2.11. The fourth-order valence-corrected chi connectivity index (χ4v) is 6.61. The Balaban J connectivity index is 1.44. The van der Waals surface area contributed by atoms with Gasteiger partial charge in [-0.2, -0.15) is 5.10 Å². The summed E-state index contributed by atoms with van der Waals surface area (Å²) in [6.07, 6.45) is 7.36. The van der Waals surface area contributed by atoms with Gasteiger partial charge in [-0.15, -0.1) is 0 Å². The molecule has 2 aliphatic heterocycles.